The van der Waals surface area contributed by atoms with Crippen molar-refractivity contribution in [3.63, 3.8) is 0 Å². The Morgan fingerprint density at radius 3 is 2.40 bits per heavy atom. The Hall–Kier alpha value is 0.677. The molecule has 0 aliphatic carbocycles. The zero-order valence-electron chi connectivity index (χ0n) is 9.60. The highest BCUT2D eigenvalue weighted by Crippen LogP contribution is 2.34. The molecule has 0 saturated heterocycles. The summed E-state index contributed by atoms with van der Waals surface area (Å²) < 4.78 is 15.9. The highest BCUT2D eigenvalue weighted by molar-refractivity contribution is 7.99. The van der Waals surface area contributed by atoms with Crippen LogP contribution in [0, 0.1) is 0 Å². The van der Waals surface area contributed by atoms with Gasteiger partial charge in [0.2, 0.25) is 0 Å². The van der Waals surface area contributed by atoms with E-state index in [2.05, 4.69) is 13.1 Å². The zero-order chi connectivity index (χ0) is 11.9. The highest BCUT2D eigenvalue weighted by Gasteiger charge is 2.19. The second-order valence-electron chi connectivity index (χ2n) is 4.07. The Bertz CT molecular complexity index is 219. The van der Waals surface area contributed by atoms with Crippen LogP contribution >= 0.6 is 19.4 Å². The van der Waals surface area contributed by atoms with Crippen LogP contribution in [0.3, 0.4) is 0 Å². The minimum atomic E-state index is -3.79. The topological polar surface area (TPSA) is 66.8 Å². The van der Waals surface area contributed by atoms with Crippen molar-refractivity contribution in [3.05, 3.63) is 0 Å². The predicted molar refractivity (Wildman–Crippen MR) is 68.2 cm³/mol. The molecule has 0 aromatic rings. The van der Waals surface area contributed by atoms with Crippen LogP contribution in [0.2, 0.25) is 19.1 Å². The summed E-state index contributed by atoms with van der Waals surface area (Å²) in [6, 6.07) is 1.10. The lowest BCUT2D eigenvalue weighted by atomic mass is 10.6. The third-order valence-corrected chi connectivity index (χ3v) is 6.99. The summed E-state index contributed by atoms with van der Waals surface area (Å²) in [5.74, 6) is 1.50. The highest BCUT2D eigenvalue weighted by atomic mass is 32.2. The van der Waals surface area contributed by atoms with E-state index >= 15 is 0 Å². The van der Waals surface area contributed by atoms with Crippen LogP contribution in [0.25, 0.3) is 0 Å². The molecular formula is C8H21O4PSSi. The lowest BCUT2D eigenvalue weighted by Crippen LogP contribution is -2.28. The second kappa shape index (κ2) is 7.09. The van der Waals surface area contributed by atoms with Crippen molar-refractivity contribution in [2.75, 3.05) is 24.8 Å². The Kier molecular flexibility index (Phi) is 7.41. The molecule has 0 bridgehead atoms. The fourth-order valence-corrected chi connectivity index (χ4v) is 4.50. The molecule has 92 valence electrons. The monoisotopic (exact) mass is 272 g/mol. The van der Waals surface area contributed by atoms with E-state index in [1.54, 1.807) is 18.9 Å². The molecule has 0 radical (unpaired) electrons. The standard InChI is InChI=1S/C8H21O4PSSi/c1-12-15(2,3)8-4-6-14-7-5-13(9,10)11/h4-8H2,1-3H3,(H2,9,10,11). The summed E-state index contributed by atoms with van der Waals surface area (Å²) in [6.07, 6.45) is 1.06. The lowest BCUT2D eigenvalue weighted by Gasteiger charge is -2.19. The van der Waals surface area contributed by atoms with Crippen LogP contribution in [0.4, 0.5) is 0 Å². The number of hydrogen-bond acceptors (Lipinski definition) is 3. The zero-order valence-corrected chi connectivity index (χ0v) is 12.3. The summed E-state index contributed by atoms with van der Waals surface area (Å²) in [5.41, 5.74) is 0. The maximum absolute atomic E-state index is 10.5. The number of hydrogen-bond donors (Lipinski definition) is 2. The Morgan fingerprint density at radius 1 is 1.33 bits per heavy atom. The molecule has 0 aromatic heterocycles. The van der Waals surface area contributed by atoms with E-state index in [4.69, 9.17) is 14.2 Å². The molecule has 0 aromatic carbocycles. The predicted octanol–water partition coefficient (Wildman–Crippen LogP) is 2.14. The van der Waals surface area contributed by atoms with Crippen LogP contribution in [0.15, 0.2) is 0 Å². The number of thioether (sulfide) groups is 1. The quantitative estimate of drug-likeness (QED) is 0.402. The fraction of sp³-hybridized carbons (Fsp3) is 1.00. The molecule has 0 heterocycles. The van der Waals surface area contributed by atoms with Gasteiger partial charge in [0.25, 0.3) is 0 Å². The fourth-order valence-electron chi connectivity index (χ4n) is 0.988. The summed E-state index contributed by atoms with van der Waals surface area (Å²) in [6.45, 7) is 4.35. The maximum Gasteiger partial charge on any atom is 0.326 e. The van der Waals surface area contributed by atoms with E-state index in [1.165, 1.54) is 0 Å². The van der Waals surface area contributed by atoms with Gasteiger partial charge in [-0.25, -0.2) is 0 Å². The molecule has 0 spiro atoms. The first-order chi connectivity index (χ1) is 6.77. The van der Waals surface area contributed by atoms with E-state index < -0.39 is 15.9 Å². The Labute approximate surface area is 97.1 Å². The molecule has 0 rings (SSSR count). The number of rotatable bonds is 8. The molecule has 0 fully saturated rings. The summed E-state index contributed by atoms with van der Waals surface area (Å²) in [5, 5.41) is 0. The van der Waals surface area contributed by atoms with Gasteiger partial charge in [-0.3, -0.25) is 4.57 Å². The van der Waals surface area contributed by atoms with Gasteiger partial charge >= 0.3 is 7.60 Å². The van der Waals surface area contributed by atoms with Gasteiger partial charge in [0.1, 0.15) is 0 Å². The van der Waals surface area contributed by atoms with E-state index in [-0.39, 0.29) is 6.16 Å². The first kappa shape index (κ1) is 15.7. The molecule has 0 aliphatic rings. The van der Waals surface area contributed by atoms with Gasteiger partial charge in [-0.1, -0.05) is 0 Å². The molecule has 0 aliphatic heterocycles. The minimum absolute atomic E-state index is 0.0111. The molecule has 0 unspecified atom stereocenters. The van der Waals surface area contributed by atoms with E-state index in [9.17, 15) is 4.57 Å². The molecule has 15 heavy (non-hydrogen) atoms. The summed E-state index contributed by atoms with van der Waals surface area (Å²) in [7, 11) is -3.47. The van der Waals surface area contributed by atoms with Crippen LogP contribution in [-0.2, 0) is 8.99 Å². The molecule has 4 nitrogen and oxygen atoms in total. The van der Waals surface area contributed by atoms with Crippen LogP contribution in [0.1, 0.15) is 6.42 Å². The lowest BCUT2D eigenvalue weighted by molar-refractivity contribution is 0.375. The van der Waals surface area contributed by atoms with Crippen molar-refractivity contribution in [1.29, 1.82) is 0 Å². The van der Waals surface area contributed by atoms with Gasteiger partial charge in [-0.05, 0) is 31.3 Å². The molecular weight excluding hydrogens is 251 g/mol. The SMILES string of the molecule is CO[Si](C)(C)CCCSCCP(=O)(O)O. The van der Waals surface area contributed by atoms with Gasteiger partial charge < -0.3 is 14.2 Å². The maximum atomic E-state index is 10.5. The second-order valence-corrected chi connectivity index (χ2v) is 11.5. The average molecular weight is 272 g/mol. The third kappa shape index (κ3) is 10.9. The molecule has 0 atom stereocenters. The van der Waals surface area contributed by atoms with Crippen LogP contribution in [-0.4, -0.2) is 42.9 Å². The molecule has 2 N–H and O–H groups in total. The van der Waals surface area contributed by atoms with Crippen molar-refractivity contribution in [2.24, 2.45) is 0 Å². The smallest absolute Gasteiger partial charge is 0.326 e. The third-order valence-electron chi connectivity index (χ3n) is 2.15. The molecule has 0 saturated carbocycles. The van der Waals surface area contributed by atoms with Gasteiger partial charge in [-0.2, -0.15) is 11.8 Å². The van der Waals surface area contributed by atoms with Crippen molar-refractivity contribution in [2.45, 2.75) is 25.6 Å². The largest absolute Gasteiger partial charge is 0.420 e. The first-order valence-electron chi connectivity index (χ1n) is 4.94. The van der Waals surface area contributed by atoms with Crippen LogP contribution in [0.5, 0.6) is 0 Å². The van der Waals surface area contributed by atoms with Gasteiger partial charge in [0.15, 0.2) is 8.32 Å². The normalized spacial score (nSPS) is 13.1. The van der Waals surface area contributed by atoms with Crippen molar-refractivity contribution in [1.82, 2.24) is 0 Å². The van der Waals surface area contributed by atoms with E-state index in [1.807, 2.05) is 0 Å². The minimum Gasteiger partial charge on any atom is -0.420 e. The van der Waals surface area contributed by atoms with Crippen molar-refractivity contribution >= 4 is 27.7 Å². The van der Waals surface area contributed by atoms with Gasteiger partial charge in [0, 0.05) is 12.9 Å². The average Bonchev–Trinajstić information content (AvgIpc) is 2.09. The Morgan fingerprint density at radius 2 is 1.93 bits per heavy atom. The molecule has 0 amide bonds. The van der Waals surface area contributed by atoms with E-state index in [0.29, 0.717) is 5.75 Å². The van der Waals surface area contributed by atoms with Gasteiger partial charge in [-0.15, -0.1) is 0 Å². The van der Waals surface area contributed by atoms with Gasteiger partial charge in [0.05, 0.1) is 6.16 Å². The summed E-state index contributed by atoms with van der Waals surface area (Å²) >= 11 is 1.61. The van der Waals surface area contributed by atoms with E-state index in [0.717, 1.165) is 18.2 Å². The van der Waals surface area contributed by atoms with Crippen LogP contribution < -0.4 is 0 Å². The molecule has 7 heteroatoms. The summed E-state index contributed by atoms with van der Waals surface area (Å²) in [4.78, 5) is 17.3. The Balaban J connectivity index is 3.37. The first-order valence-corrected chi connectivity index (χ1v) is 11.0. The van der Waals surface area contributed by atoms with Crippen molar-refractivity contribution < 1.29 is 18.8 Å². The van der Waals surface area contributed by atoms with Crippen molar-refractivity contribution in [3.8, 4) is 0 Å².